The van der Waals surface area contributed by atoms with E-state index in [2.05, 4.69) is 31.0 Å². The molecule has 7 nitrogen and oxygen atoms in total. The minimum absolute atomic E-state index is 0.0169. The number of aromatic nitrogens is 2. The van der Waals surface area contributed by atoms with E-state index in [1.807, 2.05) is 13.0 Å². The summed E-state index contributed by atoms with van der Waals surface area (Å²) in [6, 6.07) is 0. The van der Waals surface area contributed by atoms with Gasteiger partial charge in [-0.2, -0.15) is 4.31 Å². The van der Waals surface area contributed by atoms with Crippen LogP contribution in [-0.4, -0.2) is 48.9 Å². The molecular formula is C14H23N3O4S. The molecule has 8 heteroatoms. The van der Waals surface area contributed by atoms with Gasteiger partial charge < -0.3 is 9.15 Å². The Hall–Kier alpha value is -1.25. The zero-order chi connectivity index (χ0) is 16.5. The zero-order valence-corrected chi connectivity index (χ0v) is 14.5. The van der Waals surface area contributed by atoms with Crippen LogP contribution >= 0.6 is 0 Å². The van der Waals surface area contributed by atoms with Crippen molar-refractivity contribution in [1.29, 1.82) is 0 Å². The molecule has 0 saturated carbocycles. The first-order chi connectivity index (χ1) is 10.1. The summed E-state index contributed by atoms with van der Waals surface area (Å²) >= 11 is 0. The lowest BCUT2D eigenvalue weighted by atomic mass is 9.87. The maximum absolute atomic E-state index is 11.6. The largest absolute Gasteiger partial charge is 0.418 e. The van der Waals surface area contributed by atoms with Crippen molar-refractivity contribution in [2.45, 2.75) is 33.8 Å². The van der Waals surface area contributed by atoms with Gasteiger partial charge in [0.1, 0.15) is 6.10 Å². The van der Waals surface area contributed by atoms with Gasteiger partial charge in [0.2, 0.25) is 21.8 Å². The van der Waals surface area contributed by atoms with Crippen LogP contribution < -0.4 is 0 Å². The van der Waals surface area contributed by atoms with Crippen LogP contribution in [0.15, 0.2) is 9.99 Å². The highest BCUT2D eigenvalue weighted by atomic mass is 32.2. The summed E-state index contributed by atoms with van der Waals surface area (Å²) < 4.78 is 35.8. The van der Waals surface area contributed by atoms with Crippen LogP contribution in [0.25, 0.3) is 6.08 Å². The Morgan fingerprint density at radius 1 is 1.36 bits per heavy atom. The molecule has 0 aliphatic carbocycles. The predicted molar refractivity (Wildman–Crippen MR) is 82.5 cm³/mol. The van der Waals surface area contributed by atoms with E-state index in [9.17, 15) is 8.42 Å². The smallest absolute Gasteiger partial charge is 0.246 e. The predicted octanol–water partition coefficient (Wildman–Crippen LogP) is 1.85. The summed E-state index contributed by atoms with van der Waals surface area (Å²) in [5, 5.41) is 7.97. The van der Waals surface area contributed by atoms with Gasteiger partial charge in [-0.3, -0.25) is 0 Å². The first kappa shape index (κ1) is 17.1. The van der Waals surface area contributed by atoms with E-state index in [1.165, 1.54) is 10.6 Å². The number of morpholine rings is 1. The molecule has 124 valence electrons. The van der Waals surface area contributed by atoms with Gasteiger partial charge in [0.25, 0.3) is 0 Å². The van der Waals surface area contributed by atoms with Gasteiger partial charge in [0, 0.05) is 19.2 Å². The molecule has 1 saturated heterocycles. The van der Waals surface area contributed by atoms with Crippen molar-refractivity contribution in [1.82, 2.24) is 14.5 Å². The Bertz CT molecular complexity index is 658. The van der Waals surface area contributed by atoms with E-state index in [0.29, 0.717) is 24.9 Å². The normalized spacial score (nSPS) is 22.0. The molecular weight excluding hydrogens is 306 g/mol. The average Bonchev–Trinajstić information content (AvgIpc) is 2.85. The minimum Gasteiger partial charge on any atom is -0.418 e. The van der Waals surface area contributed by atoms with E-state index in [-0.39, 0.29) is 12.0 Å². The fourth-order valence-corrected chi connectivity index (χ4v) is 2.73. The SMILES string of the molecule is C/C(=C\c1nnc(C2CN(S(C)(=O)=O)CCO2)o1)C(C)(C)C. The highest BCUT2D eigenvalue weighted by molar-refractivity contribution is 7.88. The van der Waals surface area contributed by atoms with Crippen LogP contribution in [-0.2, 0) is 14.8 Å². The minimum atomic E-state index is -3.25. The fraction of sp³-hybridized carbons (Fsp3) is 0.714. The van der Waals surface area contributed by atoms with E-state index in [1.54, 1.807) is 0 Å². The Labute approximate surface area is 131 Å². The molecule has 0 radical (unpaired) electrons. The van der Waals surface area contributed by atoms with Gasteiger partial charge in [-0.15, -0.1) is 10.2 Å². The van der Waals surface area contributed by atoms with E-state index >= 15 is 0 Å². The third-order valence-electron chi connectivity index (χ3n) is 3.75. The molecule has 1 aliphatic rings. The summed E-state index contributed by atoms with van der Waals surface area (Å²) in [6.07, 6.45) is 2.51. The molecule has 22 heavy (non-hydrogen) atoms. The topological polar surface area (TPSA) is 85.5 Å². The lowest BCUT2D eigenvalue weighted by Gasteiger charge is -2.29. The van der Waals surface area contributed by atoms with Crippen molar-refractivity contribution in [3.05, 3.63) is 17.4 Å². The van der Waals surface area contributed by atoms with Gasteiger partial charge >= 0.3 is 0 Å². The van der Waals surface area contributed by atoms with Crippen molar-refractivity contribution in [2.24, 2.45) is 5.41 Å². The molecule has 1 aromatic rings. The third-order valence-corrected chi connectivity index (χ3v) is 5.02. The Balaban J connectivity index is 2.15. The summed E-state index contributed by atoms with van der Waals surface area (Å²) in [7, 11) is -3.25. The number of nitrogens with zero attached hydrogens (tertiary/aromatic N) is 3. The zero-order valence-electron chi connectivity index (χ0n) is 13.7. The highest BCUT2D eigenvalue weighted by Crippen LogP contribution is 2.27. The number of hydrogen-bond donors (Lipinski definition) is 0. The molecule has 1 atom stereocenters. The first-order valence-electron chi connectivity index (χ1n) is 7.16. The lowest BCUT2D eigenvalue weighted by molar-refractivity contribution is -0.0172. The van der Waals surface area contributed by atoms with Crippen LogP contribution in [0.1, 0.15) is 45.6 Å². The fourth-order valence-electron chi connectivity index (χ4n) is 1.91. The monoisotopic (exact) mass is 329 g/mol. The molecule has 2 heterocycles. The molecule has 1 unspecified atom stereocenters. The average molecular weight is 329 g/mol. The van der Waals surface area contributed by atoms with Crippen LogP contribution in [0, 0.1) is 5.41 Å². The molecule has 1 aliphatic heterocycles. The van der Waals surface area contributed by atoms with Crippen molar-refractivity contribution in [3.8, 4) is 0 Å². The van der Waals surface area contributed by atoms with Crippen molar-refractivity contribution >= 4 is 16.1 Å². The molecule has 0 amide bonds. The highest BCUT2D eigenvalue weighted by Gasteiger charge is 2.30. The van der Waals surface area contributed by atoms with Crippen LogP contribution in [0.2, 0.25) is 0 Å². The maximum atomic E-state index is 11.6. The van der Waals surface area contributed by atoms with Gasteiger partial charge in [-0.1, -0.05) is 26.3 Å². The maximum Gasteiger partial charge on any atom is 0.246 e. The summed E-state index contributed by atoms with van der Waals surface area (Å²) in [6.45, 7) is 9.17. The van der Waals surface area contributed by atoms with Gasteiger partial charge in [-0.25, -0.2) is 8.42 Å². The second kappa shape index (κ2) is 6.10. The molecule has 0 spiro atoms. The Morgan fingerprint density at radius 3 is 2.64 bits per heavy atom. The van der Waals surface area contributed by atoms with Crippen LogP contribution in [0.3, 0.4) is 0 Å². The van der Waals surface area contributed by atoms with Crippen molar-refractivity contribution in [2.75, 3.05) is 26.0 Å². The second-order valence-electron chi connectivity index (χ2n) is 6.54. The van der Waals surface area contributed by atoms with E-state index < -0.39 is 16.1 Å². The summed E-state index contributed by atoms with van der Waals surface area (Å²) in [4.78, 5) is 0. The molecule has 0 aromatic carbocycles. The summed E-state index contributed by atoms with van der Waals surface area (Å²) in [5.41, 5.74) is 1.13. The molecule has 0 N–H and O–H groups in total. The third kappa shape index (κ3) is 4.15. The quantitative estimate of drug-likeness (QED) is 0.841. The second-order valence-corrected chi connectivity index (χ2v) is 8.52. The molecule has 1 fully saturated rings. The Kier molecular flexibility index (Phi) is 4.74. The molecule has 0 bridgehead atoms. The van der Waals surface area contributed by atoms with Gasteiger partial charge in [0.15, 0.2) is 0 Å². The van der Waals surface area contributed by atoms with Crippen molar-refractivity contribution < 1.29 is 17.6 Å². The molecule has 1 aromatic heterocycles. The van der Waals surface area contributed by atoms with Crippen molar-refractivity contribution in [3.63, 3.8) is 0 Å². The number of allylic oxidation sites excluding steroid dienone is 1. The number of sulfonamides is 1. The van der Waals surface area contributed by atoms with E-state index in [4.69, 9.17) is 9.15 Å². The van der Waals surface area contributed by atoms with Crippen LogP contribution in [0.4, 0.5) is 0 Å². The standard InChI is InChI=1S/C14H23N3O4S/c1-10(14(2,3)4)8-12-15-16-13(21-12)11-9-17(6-7-20-11)22(5,18)19/h8,11H,6-7,9H2,1-5H3/b10-8+. The molecule has 2 rings (SSSR count). The first-order valence-corrected chi connectivity index (χ1v) is 9.01. The van der Waals surface area contributed by atoms with Crippen LogP contribution in [0.5, 0.6) is 0 Å². The van der Waals surface area contributed by atoms with Gasteiger partial charge in [-0.05, 0) is 12.3 Å². The van der Waals surface area contributed by atoms with Gasteiger partial charge in [0.05, 0.1) is 12.9 Å². The number of hydrogen-bond acceptors (Lipinski definition) is 6. The number of ether oxygens (including phenoxy) is 1. The van der Waals surface area contributed by atoms with E-state index in [0.717, 1.165) is 5.57 Å². The lowest BCUT2D eigenvalue weighted by Crippen LogP contribution is -2.41. The Morgan fingerprint density at radius 2 is 2.05 bits per heavy atom. The summed E-state index contributed by atoms with van der Waals surface area (Å²) in [5.74, 6) is 0.712. The number of rotatable bonds is 3.